The van der Waals surface area contributed by atoms with Crippen molar-refractivity contribution in [3.63, 3.8) is 0 Å². The van der Waals surface area contributed by atoms with Gasteiger partial charge >= 0.3 is 0 Å². The largest absolute Gasteiger partial charge is 0.310 e. The second kappa shape index (κ2) is 12.8. The highest BCUT2D eigenvalue weighted by Gasteiger charge is 2.27. The van der Waals surface area contributed by atoms with E-state index in [0.29, 0.717) is 11.1 Å². The standard InChI is InChI=1S/C56H32N6/c57-33-35-13-7-19-39(29-35)59(37-15-3-1-4-16-37)47-25-11-27-49-53(47)43-23-9-21-41-45-32-52-46(31-51(45)61(49)55(41)43)42-22-10-24-44-54-48(26-12-28-50(54)62(52)56(42)44)60(38-17-5-2-6-18-38)40-20-8-14-36(30-40)34-58/h1-32H. The SMILES string of the molecule is N#Cc1cccc(N(c2ccccc2)c2cccc3c2c2cccc4c5cc6c(cc5n3c42)c2cccc3c4c(N(c5ccccc5)c5cccc(C#N)c5)cccc4n6c23)c1. The molecule has 9 aromatic carbocycles. The lowest BCUT2D eigenvalue weighted by molar-refractivity contribution is 1.29. The van der Waals surface area contributed by atoms with Gasteiger partial charge in [0.2, 0.25) is 0 Å². The fourth-order valence-corrected chi connectivity index (χ4v) is 10.3. The smallest absolute Gasteiger partial charge is 0.0992 e. The molecule has 62 heavy (non-hydrogen) atoms. The van der Waals surface area contributed by atoms with E-state index in [9.17, 15) is 10.5 Å². The molecule has 0 bridgehead atoms. The highest BCUT2D eigenvalue weighted by molar-refractivity contribution is 6.31. The molecule has 13 aromatic rings. The lowest BCUT2D eigenvalue weighted by Crippen LogP contribution is -2.10. The van der Waals surface area contributed by atoms with E-state index >= 15 is 0 Å². The third-order valence-electron chi connectivity index (χ3n) is 12.7. The molecule has 0 aliphatic heterocycles. The van der Waals surface area contributed by atoms with Crippen LogP contribution in [0.4, 0.5) is 34.1 Å². The van der Waals surface area contributed by atoms with E-state index in [1.807, 2.05) is 48.5 Å². The van der Waals surface area contributed by atoms with Crippen LogP contribution >= 0.6 is 0 Å². The van der Waals surface area contributed by atoms with Crippen molar-refractivity contribution in [1.82, 2.24) is 8.80 Å². The van der Waals surface area contributed by atoms with Crippen LogP contribution in [0.25, 0.3) is 76.2 Å². The second-order valence-electron chi connectivity index (χ2n) is 16.0. The molecule has 0 saturated carbocycles. The van der Waals surface area contributed by atoms with Crippen LogP contribution in [-0.4, -0.2) is 8.80 Å². The maximum Gasteiger partial charge on any atom is 0.0992 e. The van der Waals surface area contributed by atoms with Gasteiger partial charge in [0.1, 0.15) is 0 Å². The van der Waals surface area contributed by atoms with Crippen LogP contribution in [0, 0.1) is 22.7 Å². The Labute approximate surface area is 355 Å². The summed E-state index contributed by atoms with van der Waals surface area (Å²) >= 11 is 0. The summed E-state index contributed by atoms with van der Waals surface area (Å²) in [6.45, 7) is 0. The Morgan fingerprint density at radius 2 is 0.710 bits per heavy atom. The van der Waals surface area contributed by atoms with Crippen LogP contribution < -0.4 is 9.80 Å². The van der Waals surface area contributed by atoms with E-state index < -0.39 is 0 Å². The normalized spacial score (nSPS) is 11.8. The number of nitrogens with zero attached hydrogens (tertiary/aromatic N) is 6. The van der Waals surface area contributed by atoms with Crippen molar-refractivity contribution in [3.05, 3.63) is 205 Å². The van der Waals surface area contributed by atoms with Crippen LogP contribution in [0.15, 0.2) is 194 Å². The van der Waals surface area contributed by atoms with Crippen LogP contribution in [-0.2, 0) is 0 Å². The number of aromatic nitrogens is 2. The predicted octanol–water partition coefficient (Wildman–Crippen LogP) is 14.7. The first-order valence-electron chi connectivity index (χ1n) is 20.7. The molecule has 6 heteroatoms. The predicted molar refractivity (Wildman–Crippen MR) is 255 cm³/mol. The number of fused-ring (bicyclic) bond motifs is 12. The highest BCUT2D eigenvalue weighted by atomic mass is 15.2. The quantitative estimate of drug-likeness (QED) is 0.168. The molecule has 286 valence electrons. The monoisotopic (exact) mass is 788 g/mol. The Morgan fingerprint density at radius 1 is 0.323 bits per heavy atom. The van der Waals surface area contributed by atoms with Gasteiger partial charge in [-0.25, -0.2) is 0 Å². The summed E-state index contributed by atoms with van der Waals surface area (Å²) in [5.41, 5.74) is 14.3. The zero-order chi connectivity index (χ0) is 41.1. The molecule has 0 unspecified atom stereocenters. The van der Waals surface area contributed by atoms with Crippen molar-refractivity contribution in [1.29, 1.82) is 10.5 Å². The molecule has 13 rings (SSSR count). The molecule has 4 heterocycles. The molecule has 0 spiro atoms. The van der Waals surface area contributed by atoms with Gasteiger partial charge in [-0.3, -0.25) is 0 Å². The van der Waals surface area contributed by atoms with Crippen molar-refractivity contribution in [3.8, 4) is 12.1 Å². The number of benzene rings is 9. The second-order valence-corrected chi connectivity index (χ2v) is 16.0. The van der Waals surface area contributed by atoms with Gasteiger partial charge in [-0.05, 0) is 97.1 Å². The van der Waals surface area contributed by atoms with Crippen molar-refractivity contribution < 1.29 is 0 Å². The first kappa shape index (κ1) is 34.1. The van der Waals surface area contributed by atoms with E-state index in [-0.39, 0.29) is 0 Å². The summed E-state index contributed by atoms with van der Waals surface area (Å²) in [6, 6.07) is 72.6. The number of hydrogen-bond acceptors (Lipinski definition) is 4. The molecular weight excluding hydrogens is 757 g/mol. The summed E-state index contributed by atoms with van der Waals surface area (Å²) in [4.78, 5) is 4.55. The topological polar surface area (TPSA) is 62.9 Å². The zero-order valence-corrected chi connectivity index (χ0v) is 33.2. The summed E-state index contributed by atoms with van der Waals surface area (Å²) in [5.74, 6) is 0. The Bertz CT molecular complexity index is 3750. The molecule has 0 aliphatic rings. The lowest BCUT2D eigenvalue weighted by Gasteiger charge is -2.26. The Kier molecular flexibility index (Phi) is 7.05. The minimum Gasteiger partial charge on any atom is -0.310 e. The van der Waals surface area contributed by atoms with Gasteiger partial charge in [0.05, 0.1) is 67.7 Å². The molecule has 0 saturated heterocycles. The summed E-state index contributed by atoms with van der Waals surface area (Å²) in [6.07, 6.45) is 0. The Morgan fingerprint density at radius 3 is 1.15 bits per heavy atom. The minimum absolute atomic E-state index is 0.618. The molecule has 0 aliphatic carbocycles. The van der Waals surface area contributed by atoms with E-state index in [1.54, 1.807) is 0 Å². The minimum atomic E-state index is 0.618. The van der Waals surface area contributed by atoms with Crippen LogP contribution in [0.5, 0.6) is 0 Å². The molecule has 0 atom stereocenters. The first-order valence-corrected chi connectivity index (χ1v) is 20.7. The van der Waals surface area contributed by atoms with E-state index in [4.69, 9.17) is 0 Å². The summed E-state index contributed by atoms with van der Waals surface area (Å²) in [5, 5.41) is 29.3. The third kappa shape index (κ3) is 4.61. The van der Waals surface area contributed by atoms with Gasteiger partial charge in [0, 0.05) is 65.8 Å². The number of para-hydroxylation sites is 4. The average molecular weight is 789 g/mol. The molecular formula is C56H32N6. The molecule has 6 nitrogen and oxygen atoms in total. The average Bonchev–Trinajstić information content (AvgIpc) is 4.06. The van der Waals surface area contributed by atoms with Gasteiger partial charge in [-0.15, -0.1) is 0 Å². The highest BCUT2D eigenvalue weighted by Crippen LogP contribution is 2.50. The summed E-state index contributed by atoms with van der Waals surface area (Å²) in [7, 11) is 0. The van der Waals surface area contributed by atoms with Crippen molar-refractivity contribution in [2.24, 2.45) is 0 Å². The molecule has 4 aromatic heterocycles. The summed E-state index contributed by atoms with van der Waals surface area (Å²) < 4.78 is 4.93. The van der Waals surface area contributed by atoms with Crippen LogP contribution in [0.3, 0.4) is 0 Å². The lowest BCUT2D eigenvalue weighted by atomic mass is 10.0. The molecule has 0 amide bonds. The van der Waals surface area contributed by atoms with Gasteiger partial charge in [-0.1, -0.05) is 97.1 Å². The van der Waals surface area contributed by atoms with Crippen LogP contribution in [0.1, 0.15) is 11.1 Å². The molecule has 0 radical (unpaired) electrons. The third-order valence-corrected chi connectivity index (χ3v) is 12.7. The zero-order valence-electron chi connectivity index (χ0n) is 33.2. The Hall–Kier alpha value is -8.84. The van der Waals surface area contributed by atoms with E-state index in [0.717, 1.165) is 55.9 Å². The van der Waals surface area contributed by atoms with Crippen molar-refractivity contribution in [2.45, 2.75) is 0 Å². The maximum absolute atomic E-state index is 9.89. The van der Waals surface area contributed by atoms with E-state index in [1.165, 1.54) is 54.4 Å². The van der Waals surface area contributed by atoms with Gasteiger partial charge in [0.25, 0.3) is 0 Å². The molecule has 0 fully saturated rings. The first-order chi connectivity index (χ1) is 30.7. The van der Waals surface area contributed by atoms with Crippen LogP contribution in [0.2, 0.25) is 0 Å². The fourth-order valence-electron chi connectivity index (χ4n) is 10.3. The van der Waals surface area contributed by atoms with Crippen molar-refractivity contribution in [2.75, 3.05) is 9.80 Å². The Balaban J connectivity index is 1.09. The number of hydrogen-bond donors (Lipinski definition) is 0. The molecule has 0 N–H and O–H groups in total. The number of nitriles is 2. The fraction of sp³-hybridized carbons (Fsp3) is 0. The number of rotatable bonds is 6. The van der Waals surface area contributed by atoms with Gasteiger partial charge < -0.3 is 18.6 Å². The van der Waals surface area contributed by atoms with Gasteiger partial charge in [-0.2, -0.15) is 10.5 Å². The van der Waals surface area contributed by atoms with Crippen molar-refractivity contribution >= 4 is 110 Å². The van der Waals surface area contributed by atoms with Gasteiger partial charge in [0.15, 0.2) is 0 Å². The number of anilines is 6. The maximum atomic E-state index is 9.89. The van der Waals surface area contributed by atoms with E-state index in [2.05, 4.69) is 176 Å².